The normalized spacial score (nSPS) is 32.4. The van der Waals surface area contributed by atoms with Crippen molar-refractivity contribution >= 4 is 5.78 Å². The highest BCUT2D eigenvalue weighted by atomic mass is 16.1. The van der Waals surface area contributed by atoms with Crippen LogP contribution in [0.1, 0.15) is 25.7 Å². The number of ketones is 1. The van der Waals surface area contributed by atoms with Gasteiger partial charge in [-0.05, 0) is 12.3 Å². The molecule has 0 aromatic rings. The van der Waals surface area contributed by atoms with Crippen molar-refractivity contribution in [1.29, 1.82) is 0 Å². The minimum atomic E-state index is 0.358. The van der Waals surface area contributed by atoms with Crippen molar-refractivity contribution in [1.82, 2.24) is 5.32 Å². The van der Waals surface area contributed by atoms with Gasteiger partial charge in [0.1, 0.15) is 5.78 Å². The van der Waals surface area contributed by atoms with E-state index in [0.717, 1.165) is 31.8 Å². The molecule has 2 nitrogen and oxygen atoms in total. The van der Waals surface area contributed by atoms with Crippen molar-refractivity contribution in [2.45, 2.75) is 25.7 Å². The fraction of sp³-hybridized carbons (Fsp3) is 0.889. The Balaban J connectivity index is 1.83. The Hall–Kier alpha value is -0.370. The summed E-state index contributed by atoms with van der Waals surface area (Å²) in [6.07, 6.45) is 4.65. The highest BCUT2D eigenvalue weighted by molar-refractivity contribution is 5.82. The zero-order chi connectivity index (χ0) is 7.68. The molecule has 2 rings (SSSR count). The van der Waals surface area contributed by atoms with E-state index in [1.165, 1.54) is 12.8 Å². The Kier molecular flexibility index (Phi) is 1.95. The summed E-state index contributed by atoms with van der Waals surface area (Å²) in [5.41, 5.74) is 0. The van der Waals surface area contributed by atoms with Crippen molar-refractivity contribution in [3.05, 3.63) is 0 Å². The third-order valence-corrected chi connectivity index (χ3v) is 2.71. The lowest BCUT2D eigenvalue weighted by Crippen LogP contribution is -2.37. The summed E-state index contributed by atoms with van der Waals surface area (Å²) >= 11 is 0. The quantitative estimate of drug-likeness (QED) is 0.640. The zero-order valence-corrected chi connectivity index (χ0v) is 6.81. The molecule has 0 radical (unpaired) electrons. The molecule has 1 atom stereocenters. The van der Waals surface area contributed by atoms with Gasteiger partial charge >= 0.3 is 0 Å². The number of rotatable bonds is 2. The van der Waals surface area contributed by atoms with Gasteiger partial charge in [-0.2, -0.15) is 0 Å². The van der Waals surface area contributed by atoms with Crippen LogP contribution in [-0.4, -0.2) is 18.9 Å². The zero-order valence-electron chi connectivity index (χ0n) is 6.81. The Morgan fingerprint density at radius 1 is 1.45 bits per heavy atom. The van der Waals surface area contributed by atoms with E-state index in [-0.39, 0.29) is 0 Å². The number of carbonyl (C=O) groups excluding carboxylic acids is 1. The summed E-state index contributed by atoms with van der Waals surface area (Å²) in [6, 6.07) is 0. The molecule has 0 aromatic carbocycles. The van der Waals surface area contributed by atoms with Gasteiger partial charge in [-0.25, -0.2) is 0 Å². The topological polar surface area (TPSA) is 29.1 Å². The largest absolute Gasteiger partial charge is 0.316 e. The van der Waals surface area contributed by atoms with Gasteiger partial charge in [0, 0.05) is 25.4 Å². The SMILES string of the molecule is O=C1CCNC[C@H]1CC1CC1. The monoisotopic (exact) mass is 153 g/mol. The predicted molar refractivity (Wildman–Crippen MR) is 43.3 cm³/mol. The van der Waals surface area contributed by atoms with E-state index in [0.29, 0.717) is 11.7 Å². The molecule has 0 aromatic heterocycles. The number of carbonyl (C=O) groups is 1. The molecule has 1 aliphatic carbocycles. The van der Waals surface area contributed by atoms with E-state index >= 15 is 0 Å². The average Bonchev–Trinajstić information content (AvgIpc) is 2.78. The molecule has 11 heavy (non-hydrogen) atoms. The van der Waals surface area contributed by atoms with Crippen LogP contribution in [0.25, 0.3) is 0 Å². The molecule has 2 aliphatic rings. The highest BCUT2D eigenvalue weighted by Crippen LogP contribution is 2.35. The van der Waals surface area contributed by atoms with Crippen LogP contribution in [-0.2, 0) is 4.79 Å². The Bertz CT molecular complexity index is 163. The minimum absolute atomic E-state index is 0.358. The van der Waals surface area contributed by atoms with Crippen molar-refractivity contribution in [2.24, 2.45) is 11.8 Å². The molecule has 1 heterocycles. The van der Waals surface area contributed by atoms with Crippen LogP contribution >= 0.6 is 0 Å². The average molecular weight is 153 g/mol. The number of nitrogens with one attached hydrogen (secondary N) is 1. The van der Waals surface area contributed by atoms with E-state index < -0.39 is 0 Å². The van der Waals surface area contributed by atoms with Crippen LogP contribution in [0.3, 0.4) is 0 Å². The molecule has 0 spiro atoms. The van der Waals surface area contributed by atoms with Crippen LogP contribution in [0.4, 0.5) is 0 Å². The first-order valence-corrected chi connectivity index (χ1v) is 4.59. The maximum absolute atomic E-state index is 11.3. The molecule has 0 unspecified atom stereocenters. The summed E-state index contributed by atoms with van der Waals surface area (Å²) in [6.45, 7) is 1.84. The van der Waals surface area contributed by atoms with Gasteiger partial charge < -0.3 is 5.32 Å². The Morgan fingerprint density at radius 3 is 2.91 bits per heavy atom. The van der Waals surface area contributed by atoms with E-state index in [9.17, 15) is 4.79 Å². The lowest BCUT2D eigenvalue weighted by Gasteiger charge is -2.21. The molecule has 2 fully saturated rings. The second-order valence-corrected chi connectivity index (χ2v) is 3.80. The van der Waals surface area contributed by atoms with Crippen LogP contribution < -0.4 is 5.32 Å². The molecular weight excluding hydrogens is 138 g/mol. The lowest BCUT2D eigenvalue weighted by atomic mass is 9.93. The predicted octanol–water partition coefficient (Wildman–Crippen LogP) is 0.965. The summed E-state index contributed by atoms with van der Waals surface area (Å²) in [4.78, 5) is 11.3. The first-order chi connectivity index (χ1) is 5.36. The lowest BCUT2D eigenvalue weighted by molar-refractivity contribution is -0.124. The van der Waals surface area contributed by atoms with E-state index in [1.807, 2.05) is 0 Å². The van der Waals surface area contributed by atoms with Gasteiger partial charge in [0.05, 0.1) is 0 Å². The van der Waals surface area contributed by atoms with Crippen LogP contribution in [0.2, 0.25) is 0 Å². The minimum Gasteiger partial charge on any atom is -0.316 e. The molecule has 0 bridgehead atoms. The van der Waals surface area contributed by atoms with Crippen molar-refractivity contribution < 1.29 is 4.79 Å². The fourth-order valence-electron chi connectivity index (χ4n) is 1.78. The van der Waals surface area contributed by atoms with Crippen molar-refractivity contribution in [2.75, 3.05) is 13.1 Å². The first kappa shape index (κ1) is 7.29. The number of Topliss-reactive ketones (excluding diaryl/α,β-unsaturated/α-hetero) is 1. The smallest absolute Gasteiger partial charge is 0.138 e. The number of hydrogen-bond donors (Lipinski definition) is 1. The fourth-order valence-corrected chi connectivity index (χ4v) is 1.78. The Morgan fingerprint density at radius 2 is 2.27 bits per heavy atom. The number of hydrogen-bond acceptors (Lipinski definition) is 2. The molecule has 1 saturated heterocycles. The maximum Gasteiger partial charge on any atom is 0.138 e. The van der Waals surface area contributed by atoms with Gasteiger partial charge in [0.25, 0.3) is 0 Å². The summed E-state index contributed by atoms with van der Waals surface area (Å²) in [5, 5.41) is 3.28. The van der Waals surface area contributed by atoms with Gasteiger partial charge in [0.15, 0.2) is 0 Å². The molecule has 1 N–H and O–H groups in total. The molecule has 0 amide bonds. The molecule has 62 valence electrons. The molecule has 2 heteroatoms. The Labute approximate surface area is 67.4 Å². The maximum atomic E-state index is 11.3. The van der Waals surface area contributed by atoms with E-state index in [2.05, 4.69) is 5.32 Å². The van der Waals surface area contributed by atoms with Crippen LogP contribution in [0, 0.1) is 11.8 Å². The third-order valence-electron chi connectivity index (χ3n) is 2.71. The van der Waals surface area contributed by atoms with Gasteiger partial charge in [-0.3, -0.25) is 4.79 Å². The second-order valence-electron chi connectivity index (χ2n) is 3.80. The standard InChI is InChI=1S/C9H15NO/c11-9-3-4-10-6-8(9)5-7-1-2-7/h7-8,10H,1-6H2/t8-/m1/s1. The third kappa shape index (κ3) is 1.80. The summed E-state index contributed by atoms with van der Waals surface area (Å²) < 4.78 is 0. The van der Waals surface area contributed by atoms with Crippen molar-refractivity contribution in [3.63, 3.8) is 0 Å². The summed E-state index contributed by atoms with van der Waals surface area (Å²) in [5.74, 6) is 1.75. The van der Waals surface area contributed by atoms with Gasteiger partial charge in [-0.1, -0.05) is 12.8 Å². The number of piperidine rings is 1. The van der Waals surface area contributed by atoms with Crippen LogP contribution in [0.5, 0.6) is 0 Å². The molecule has 1 saturated carbocycles. The first-order valence-electron chi connectivity index (χ1n) is 4.59. The molecular formula is C9H15NO. The highest BCUT2D eigenvalue weighted by Gasteiger charge is 2.30. The van der Waals surface area contributed by atoms with E-state index in [4.69, 9.17) is 0 Å². The van der Waals surface area contributed by atoms with Gasteiger partial charge in [-0.15, -0.1) is 0 Å². The van der Waals surface area contributed by atoms with Crippen LogP contribution in [0.15, 0.2) is 0 Å². The summed E-state index contributed by atoms with van der Waals surface area (Å²) in [7, 11) is 0. The van der Waals surface area contributed by atoms with Gasteiger partial charge in [0.2, 0.25) is 0 Å². The second kappa shape index (κ2) is 2.94. The van der Waals surface area contributed by atoms with Crippen molar-refractivity contribution in [3.8, 4) is 0 Å². The van der Waals surface area contributed by atoms with E-state index in [1.54, 1.807) is 0 Å². The molecule has 1 aliphatic heterocycles.